The van der Waals surface area contributed by atoms with E-state index in [4.69, 9.17) is 16.0 Å². The maximum absolute atomic E-state index is 6.03. The molecule has 0 saturated carbocycles. The monoisotopic (exact) mass is 279 g/mol. The Bertz CT molecular complexity index is 912. The number of halogens is 1. The predicted molar refractivity (Wildman–Crippen MR) is 82.0 cm³/mol. The highest BCUT2D eigenvalue weighted by molar-refractivity contribution is 6.31. The molecule has 2 nitrogen and oxygen atoms in total. The van der Waals surface area contributed by atoms with Crippen LogP contribution in [0.25, 0.3) is 33.2 Å². The number of aromatic nitrogens is 1. The average molecular weight is 280 g/mol. The number of pyridine rings is 1. The van der Waals surface area contributed by atoms with E-state index in [9.17, 15) is 0 Å². The number of fused-ring (bicyclic) bond motifs is 3. The number of benzene rings is 2. The van der Waals surface area contributed by atoms with Crippen LogP contribution in [0.4, 0.5) is 0 Å². The molecule has 0 spiro atoms. The molecule has 0 unspecified atom stereocenters. The van der Waals surface area contributed by atoms with Crippen LogP contribution >= 0.6 is 11.6 Å². The van der Waals surface area contributed by atoms with Gasteiger partial charge in [-0.15, -0.1) is 0 Å². The molecule has 2 heterocycles. The fourth-order valence-electron chi connectivity index (χ4n) is 2.50. The van der Waals surface area contributed by atoms with E-state index in [2.05, 4.69) is 11.1 Å². The first-order chi connectivity index (χ1) is 9.83. The summed E-state index contributed by atoms with van der Waals surface area (Å²) in [4.78, 5) is 4.40. The zero-order valence-electron chi connectivity index (χ0n) is 10.5. The van der Waals surface area contributed by atoms with Crippen molar-refractivity contribution in [2.24, 2.45) is 0 Å². The van der Waals surface area contributed by atoms with Gasteiger partial charge < -0.3 is 4.42 Å². The van der Waals surface area contributed by atoms with Crippen LogP contribution in [0.1, 0.15) is 0 Å². The highest BCUT2D eigenvalue weighted by atomic mass is 35.5. The summed E-state index contributed by atoms with van der Waals surface area (Å²) >= 11 is 6.03. The molecule has 4 aromatic rings. The van der Waals surface area contributed by atoms with E-state index >= 15 is 0 Å². The molecule has 0 radical (unpaired) electrons. The van der Waals surface area contributed by atoms with Gasteiger partial charge in [0, 0.05) is 33.6 Å². The highest BCUT2D eigenvalue weighted by Crippen LogP contribution is 2.35. The van der Waals surface area contributed by atoms with E-state index in [-0.39, 0.29) is 0 Å². The minimum Gasteiger partial charge on any atom is -0.455 e. The molecule has 20 heavy (non-hydrogen) atoms. The topological polar surface area (TPSA) is 26.0 Å². The largest absolute Gasteiger partial charge is 0.455 e. The van der Waals surface area contributed by atoms with Crippen molar-refractivity contribution in [1.82, 2.24) is 4.98 Å². The van der Waals surface area contributed by atoms with Gasteiger partial charge in [-0.1, -0.05) is 29.8 Å². The van der Waals surface area contributed by atoms with Gasteiger partial charge in [0.2, 0.25) is 0 Å². The molecule has 2 aromatic carbocycles. The Hall–Kier alpha value is -2.32. The molecule has 0 fully saturated rings. The summed E-state index contributed by atoms with van der Waals surface area (Å²) < 4.78 is 5.99. The molecule has 0 atom stereocenters. The predicted octanol–water partition coefficient (Wildman–Crippen LogP) is 5.30. The van der Waals surface area contributed by atoms with Crippen LogP contribution in [0.3, 0.4) is 0 Å². The lowest BCUT2D eigenvalue weighted by atomic mass is 10.1. The van der Waals surface area contributed by atoms with Crippen molar-refractivity contribution in [2.75, 3.05) is 0 Å². The second-order valence-corrected chi connectivity index (χ2v) is 5.08. The molecule has 0 aliphatic heterocycles. The van der Waals surface area contributed by atoms with Crippen molar-refractivity contribution < 1.29 is 4.42 Å². The smallest absolute Gasteiger partial charge is 0.144 e. The van der Waals surface area contributed by atoms with Crippen molar-refractivity contribution in [3.63, 3.8) is 0 Å². The van der Waals surface area contributed by atoms with Gasteiger partial charge in [0.1, 0.15) is 11.2 Å². The summed E-state index contributed by atoms with van der Waals surface area (Å²) in [6, 6.07) is 17.7. The summed E-state index contributed by atoms with van der Waals surface area (Å²) in [5, 5.41) is 2.83. The van der Waals surface area contributed by atoms with Gasteiger partial charge in [0.15, 0.2) is 0 Å². The van der Waals surface area contributed by atoms with E-state index in [0.29, 0.717) is 5.02 Å². The number of rotatable bonds is 1. The van der Waals surface area contributed by atoms with Crippen LogP contribution in [0.5, 0.6) is 0 Å². The van der Waals surface area contributed by atoms with Gasteiger partial charge >= 0.3 is 0 Å². The second kappa shape index (κ2) is 4.36. The maximum Gasteiger partial charge on any atom is 0.144 e. The maximum atomic E-state index is 6.03. The normalized spacial score (nSPS) is 11.2. The Morgan fingerprint density at radius 2 is 1.85 bits per heavy atom. The summed E-state index contributed by atoms with van der Waals surface area (Å²) in [7, 11) is 0. The number of para-hydroxylation sites is 1. The summed E-state index contributed by atoms with van der Waals surface area (Å²) in [5.41, 5.74) is 3.55. The molecular formula is C17H10ClNO. The summed E-state index contributed by atoms with van der Waals surface area (Å²) in [5.74, 6) is 0. The minimum atomic E-state index is 0.677. The fraction of sp³-hybridized carbons (Fsp3) is 0. The highest BCUT2D eigenvalue weighted by Gasteiger charge is 2.12. The van der Waals surface area contributed by atoms with Gasteiger partial charge in [-0.3, -0.25) is 4.98 Å². The molecule has 0 aliphatic carbocycles. The molecule has 2 aromatic heterocycles. The van der Waals surface area contributed by atoms with Gasteiger partial charge in [-0.2, -0.15) is 0 Å². The van der Waals surface area contributed by atoms with Crippen molar-refractivity contribution in [3.8, 4) is 11.3 Å². The van der Waals surface area contributed by atoms with Crippen molar-refractivity contribution >= 4 is 33.5 Å². The third kappa shape index (κ3) is 1.69. The number of nitrogens with zero attached hydrogens (tertiary/aromatic N) is 1. The lowest BCUT2D eigenvalue weighted by molar-refractivity contribution is 0.670. The van der Waals surface area contributed by atoms with Gasteiger partial charge in [-0.05, 0) is 30.3 Å². The van der Waals surface area contributed by atoms with Crippen molar-refractivity contribution in [3.05, 3.63) is 65.8 Å². The van der Waals surface area contributed by atoms with E-state index in [1.165, 1.54) is 0 Å². The molecule has 0 aliphatic rings. The Morgan fingerprint density at radius 3 is 2.70 bits per heavy atom. The molecule has 96 valence electrons. The molecule has 0 amide bonds. The molecular weight excluding hydrogens is 270 g/mol. The lowest BCUT2D eigenvalue weighted by Crippen LogP contribution is -1.81. The zero-order chi connectivity index (χ0) is 13.5. The van der Waals surface area contributed by atoms with Crippen LogP contribution in [-0.2, 0) is 0 Å². The molecule has 4 rings (SSSR count). The first-order valence-corrected chi connectivity index (χ1v) is 6.73. The third-order valence-electron chi connectivity index (χ3n) is 3.40. The number of hydrogen-bond acceptors (Lipinski definition) is 2. The first-order valence-electron chi connectivity index (χ1n) is 6.35. The summed E-state index contributed by atoms with van der Waals surface area (Å²) in [6.07, 6.45) is 1.79. The van der Waals surface area contributed by atoms with Gasteiger partial charge in [0.25, 0.3) is 0 Å². The van der Waals surface area contributed by atoms with Crippen LogP contribution in [0, 0.1) is 0 Å². The van der Waals surface area contributed by atoms with Crippen LogP contribution in [0.15, 0.2) is 65.2 Å². The Labute approximate surface area is 120 Å². The SMILES string of the molecule is Clc1ccc2c(c1)oc1c(-c3ccccn3)cccc12. The zero-order valence-corrected chi connectivity index (χ0v) is 11.3. The molecule has 0 bridgehead atoms. The van der Waals surface area contributed by atoms with E-state index < -0.39 is 0 Å². The average Bonchev–Trinajstić information content (AvgIpc) is 2.85. The van der Waals surface area contributed by atoms with Crippen LogP contribution in [0.2, 0.25) is 5.02 Å². The van der Waals surface area contributed by atoms with E-state index in [1.54, 1.807) is 6.20 Å². The number of furan rings is 1. The standard InChI is InChI=1S/C17H10ClNO/c18-11-7-8-12-13-4-3-5-14(15-6-1-2-9-19-15)17(13)20-16(12)10-11/h1-10H. The fourth-order valence-corrected chi connectivity index (χ4v) is 2.66. The molecule has 3 heteroatoms. The Morgan fingerprint density at radius 1 is 0.900 bits per heavy atom. The quantitative estimate of drug-likeness (QED) is 0.472. The van der Waals surface area contributed by atoms with Crippen molar-refractivity contribution in [1.29, 1.82) is 0 Å². The Balaban J connectivity index is 2.11. The molecule has 0 N–H and O–H groups in total. The Kier molecular flexibility index (Phi) is 2.51. The first kappa shape index (κ1) is 11.5. The molecule has 0 saturated heterocycles. The minimum absolute atomic E-state index is 0.677. The summed E-state index contributed by atoms with van der Waals surface area (Å²) in [6.45, 7) is 0. The van der Waals surface area contributed by atoms with Crippen LogP contribution in [-0.4, -0.2) is 4.98 Å². The second-order valence-electron chi connectivity index (χ2n) is 4.64. The number of hydrogen-bond donors (Lipinski definition) is 0. The van der Waals surface area contributed by atoms with Crippen LogP contribution < -0.4 is 0 Å². The third-order valence-corrected chi connectivity index (χ3v) is 3.64. The lowest BCUT2D eigenvalue weighted by Gasteiger charge is -2.00. The van der Waals surface area contributed by atoms with E-state index in [0.717, 1.165) is 33.2 Å². The van der Waals surface area contributed by atoms with E-state index in [1.807, 2.05) is 48.5 Å². The van der Waals surface area contributed by atoms with Crippen molar-refractivity contribution in [2.45, 2.75) is 0 Å². The van der Waals surface area contributed by atoms with Gasteiger partial charge in [-0.25, -0.2) is 0 Å². The van der Waals surface area contributed by atoms with Gasteiger partial charge in [0.05, 0.1) is 5.69 Å².